The van der Waals surface area contributed by atoms with Crippen LogP contribution in [0.15, 0.2) is 28.0 Å². The molecule has 0 radical (unpaired) electrons. The zero-order valence-electron chi connectivity index (χ0n) is 8.32. The number of carbonyl (C=O) groups is 1. The van der Waals surface area contributed by atoms with Crippen molar-refractivity contribution in [3.8, 4) is 0 Å². The van der Waals surface area contributed by atoms with E-state index in [0.717, 1.165) is 12.2 Å². The highest BCUT2D eigenvalue weighted by atomic mass is 32.2. The van der Waals surface area contributed by atoms with Gasteiger partial charge in [-0.2, -0.15) is 0 Å². The molecule has 1 aromatic heterocycles. The summed E-state index contributed by atoms with van der Waals surface area (Å²) >= 11 is 1.31. The molecule has 0 saturated carbocycles. The lowest BCUT2D eigenvalue weighted by Crippen LogP contribution is -2.05. The van der Waals surface area contributed by atoms with Gasteiger partial charge in [-0.05, 0) is 13.3 Å². The molecule has 0 aliphatic rings. The molecule has 0 unspecified atom stereocenters. The minimum absolute atomic E-state index is 0.0352. The predicted molar refractivity (Wildman–Crippen MR) is 59.2 cm³/mol. The molecule has 0 N–H and O–H groups in total. The monoisotopic (exact) mass is 211 g/mol. The fourth-order valence-corrected chi connectivity index (χ4v) is 1.50. The highest BCUT2D eigenvalue weighted by Crippen LogP contribution is 2.14. The van der Waals surface area contributed by atoms with E-state index in [0.29, 0.717) is 11.4 Å². The standard InChI is InChI=1S/C10H13NO2S/c1-3-6-14-10(12)8(2)11-9-4-5-13-7-9/h4-5,7H,3,6H2,1-2H3. The summed E-state index contributed by atoms with van der Waals surface area (Å²) < 4.78 is 4.85. The molecule has 14 heavy (non-hydrogen) atoms. The van der Waals surface area contributed by atoms with E-state index in [4.69, 9.17) is 4.42 Å². The summed E-state index contributed by atoms with van der Waals surface area (Å²) in [6, 6.07) is 1.72. The van der Waals surface area contributed by atoms with Gasteiger partial charge in [0.1, 0.15) is 12.0 Å². The van der Waals surface area contributed by atoms with Crippen LogP contribution in [0.5, 0.6) is 0 Å². The van der Waals surface area contributed by atoms with Crippen molar-refractivity contribution < 1.29 is 9.21 Å². The van der Waals surface area contributed by atoms with Gasteiger partial charge in [-0.25, -0.2) is 4.99 Å². The number of rotatable bonds is 4. The summed E-state index contributed by atoms with van der Waals surface area (Å²) in [5.74, 6) is 0.844. The van der Waals surface area contributed by atoms with E-state index in [1.54, 1.807) is 13.0 Å². The zero-order chi connectivity index (χ0) is 10.4. The van der Waals surface area contributed by atoms with Gasteiger partial charge < -0.3 is 4.42 Å². The second kappa shape index (κ2) is 5.65. The van der Waals surface area contributed by atoms with E-state index in [-0.39, 0.29) is 5.12 Å². The first-order chi connectivity index (χ1) is 6.74. The molecule has 1 rings (SSSR count). The molecule has 0 saturated heterocycles. The highest BCUT2D eigenvalue weighted by molar-refractivity contribution is 8.15. The van der Waals surface area contributed by atoms with Crippen molar-refractivity contribution in [2.45, 2.75) is 20.3 Å². The largest absolute Gasteiger partial charge is 0.470 e. The SMILES string of the molecule is CCCSC(=O)C(C)=Nc1ccoc1. The first kappa shape index (κ1) is 11.0. The van der Waals surface area contributed by atoms with Gasteiger partial charge in [-0.1, -0.05) is 18.7 Å². The average molecular weight is 211 g/mol. The number of aliphatic imine (C=N–C) groups is 1. The van der Waals surface area contributed by atoms with Crippen LogP contribution in [0.25, 0.3) is 0 Å². The maximum Gasteiger partial charge on any atom is 0.233 e. The Bertz CT molecular complexity index is 317. The van der Waals surface area contributed by atoms with Gasteiger partial charge in [0.2, 0.25) is 5.12 Å². The van der Waals surface area contributed by atoms with E-state index in [1.165, 1.54) is 24.3 Å². The Morgan fingerprint density at radius 3 is 3.00 bits per heavy atom. The van der Waals surface area contributed by atoms with Crippen LogP contribution >= 0.6 is 11.8 Å². The highest BCUT2D eigenvalue weighted by Gasteiger charge is 2.06. The van der Waals surface area contributed by atoms with Crippen LogP contribution in [0.4, 0.5) is 5.69 Å². The normalized spacial score (nSPS) is 11.7. The summed E-state index contributed by atoms with van der Waals surface area (Å²) in [6.45, 7) is 3.76. The molecular formula is C10H13NO2S. The molecule has 0 amide bonds. The zero-order valence-corrected chi connectivity index (χ0v) is 9.13. The molecule has 1 aromatic rings. The van der Waals surface area contributed by atoms with E-state index in [1.807, 2.05) is 6.92 Å². The number of furan rings is 1. The van der Waals surface area contributed by atoms with Gasteiger partial charge in [0.25, 0.3) is 0 Å². The Kier molecular flexibility index (Phi) is 4.46. The third-order valence-corrected chi connectivity index (χ3v) is 2.71. The first-order valence-corrected chi connectivity index (χ1v) is 5.47. The molecule has 4 heteroatoms. The third kappa shape index (κ3) is 3.38. The molecule has 0 fully saturated rings. The van der Waals surface area contributed by atoms with Gasteiger partial charge in [-0.3, -0.25) is 4.79 Å². The van der Waals surface area contributed by atoms with Crippen molar-refractivity contribution >= 4 is 28.3 Å². The summed E-state index contributed by atoms with van der Waals surface area (Å²) in [4.78, 5) is 15.6. The molecule has 0 aliphatic heterocycles. The lowest BCUT2D eigenvalue weighted by Gasteiger charge is -1.96. The van der Waals surface area contributed by atoms with Gasteiger partial charge in [0.05, 0.1) is 12.0 Å². The number of carbonyl (C=O) groups excluding carboxylic acids is 1. The topological polar surface area (TPSA) is 42.6 Å². The lowest BCUT2D eigenvalue weighted by atomic mass is 10.4. The van der Waals surface area contributed by atoms with Crippen molar-refractivity contribution in [1.29, 1.82) is 0 Å². The van der Waals surface area contributed by atoms with Crippen molar-refractivity contribution in [1.82, 2.24) is 0 Å². The number of hydrogen-bond acceptors (Lipinski definition) is 4. The summed E-state index contributed by atoms with van der Waals surface area (Å²) in [7, 11) is 0. The second-order valence-corrected chi connectivity index (χ2v) is 3.88. The van der Waals surface area contributed by atoms with Crippen molar-refractivity contribution in [2.24, 2.45) is 4.99 Å². The van der Waals surface area contributed by atoms with E-state index < -0.39 is 0 Å². The van der Waals surface area contributed by atoms with Gasteiger partial charge in [-0.15, -0.1) is 0 Å². The minimum Gasteiger partial charge on any atom is -0.470 e. The molecule has 0 aromatic carbocycles. The van der Waals surface area contributed by atoms with Crippen LogP contribution in [-0.2, 0) is 4.79 Å². The first-order valence-electron chi connectivity index (χ1n) is 4.48. The molecule has 76 valence electrons. The third-order valence-electron chi connectivity index (χ3n) is 1.54. The Morgan fingerprint density at radius 2 is 2.43 bits per heavy atom. The number of thioether (sulfide) groups is 1. The van der Waals surface area contributed by atoms with Crippen LogP contribution in [0.3, 0.4) is 0 Å². The van der Waals surface area contributed by atoms with E-state index >= 15 is 0 Å². The van der Waals surface area contributed by atoms with Crippen LogP contribution in [0.1, 0.15) is 20.3 Å². The summed E-state index contributed by atoms with van der Waals surface area (Å²) in [6.07, 6.45) is 4.05. The van der Waals surface area contributed by atoms with Gasteiger partial charge in [0, 0.05) is 11.8 Å². The van der Waals surface area contributed by atoms with Crippen molar-refractivity contribution in [3.63, 3.8) is 0 Å². The van der Waals surface area contributed by atoms with E-state index in [2.05, 4.69) is 4.99 Å². The van der Waals surface area contributed by atoms with E-state index in [9.17, 15) is 4.79 Å². The molecule has 0 spiro atoms. The van der Waals surface area contributed by atoms with Crippen LogP contribution in [0, 0.1) is 0 Å². The fourth-order valence-electron chi connectivity index (χ4n) is 0.859. The fraction of sp³-hybridized carbons (Fsp3) is 0.400. The molecule has 3 nitrogen and oxygen atoms in total. The Hall–Kier alpha value is -1.03. The van der Waals surface area contributed by atoms with Gasteiger partial charge >= 0.3 is 0 Å². The molecule has 0 aliphatic carbocycles. The molecular weight excluding hydrogens is 198 g/mol. The van der Waals surface area contributed by atoms with Crippen molar-refractivity contribution in [2.75, 3.05) is 5.75 Å². The molecule has 0 bridgehead atoms. The quantitative estimate of drug-likeness (QED) is 0.719. The Labute approximate surface area is 87.6 Å². The average Bonchev–Trinajstić information content (AvgIpc) is 2.66. The molecule has 0 atom stereocenters. The maximum atomic E-state index is 11.4. The van der Waals surface area contributed by atoms with Crippen molar-refractivity contribution in [3.05, 3.63) is 18.6 Å². The van der Waals surface area contributed by atoms with Crippen LogP contribution in [0.2, 0.25) is 0 Å². The van der Waals surface area contributed by atoms with Gasteiger partial charge in [0.15, 0.2) is 0 Å². The number of hydrogen-bond donors (Lipinski definition) is 0. The smallest absolute Gasteiger partial charge is 0.233 e. The summed E-state index contributed by atoms with van der Waals surface area (Å²) in [5, 5.41) is 0.0352. The molecule has 1 heterocycles. The minimum atomic E-state index is 0.0352. The van der Waals surface area contributed by atoms with Crippen LogP contribution in [-0.4, -0.2) is 16.6 Å². The van der Waals surface area contributed by atoms with Crippen LogP contribution < -0.4 is 0 Å². The Balaban J connectivity index is 2.56. The number of nitrogens with zero attached hydrogens (tertiary/aromatic N) is 1. The Morgan fingerprint density at radius 1 is 1.64 bits per heavy atom. The second-order valence-electron chi connectivity index (χ2n) is 2.81. The lowest BCUT2D eigenvalue weighted by molar-refractivity contribution is -0.105. The predicted octanol–water partition coefficient (Wildman–Crippen LogP) is 3.04. The summed E-state index contributed by atoms with van der Waals surface area (Å²) in [5.41, 5.74) is 1.21. The maximum absolute atomic E-state index is 11.4.